The van der Waals surface area contributed by atoms with Crippen molar-refractivity contribution in [3.63, 3.8) is 0 Å². The molecule has 2 aromatic rings. The van der Waals surface area contributed by atoms with Crippen molar-refractivity contribution < 1.29 is 32.0 Å². The van der Waals surface area contributed by atoms with E-state index in [0.717, 1.165) is 12.1 Å². The van der Waals surface area contributed by atoms with Crippen LogP contribution in [0.15, 0.2) is 29.0 Å². The van der Waals surface area contributed by atoms with Gasteiger partial charge in [0.2, 0.25) is 5.91 Å². The van der Waals surface area contributed by atoms with Gasteiger partial charge in [0.15, 0.2) is 12.4 Å². The summed E-state index contributed by atoms with van der Waals surface area (Å²) in [5.41, 5.74) is -0.249. The SMILES string of the molecule is O=C(CC1Cc2cc(C(F)(F)F)ccc2O1)N1CCOC(c2ncno2)C1. The van der Waals surface area contributed by atoms with E-state index < -0.39 is 23.9 Å². The van der Waals surface area contributed by atoms with Crippen LogP contribution in [0, 0.1) is 0 Å². The van der Waals surface area contributed by atoms with Gasteiger partial charge in [0.1, 0.15) is 11.9 Å². The molecule has 2 aliphatic heterocycles. The highest BCUT2D eigenvalue weighted by molar-refractivity contribution is 5.77. The summed E-state index contributed by atoms with van der Waals surface area (Å²) < 4.78 is 54.7. The minimum Gasteiger partial charge on any atom is -0.489 e. The molecule has 1 aromatic carbocycles. The summed E-state index contributed by atoms with van der Waals surface area (Å²) >= 11 is 0. The number of aromatic nitrogens is 2. The summed E-state index contributed by atoms with van der Waals surface area (Å²) in [6.45, 7) is 1.03. The summed E-state index contributed by atoms with van der Waals surface area (Å²) in [7, 11) is 0. The Morgan fingerprint density at radius 2 is 2.19 bits per heavy atom. The zero-order valence-electron chi connectivity index (χ0n) is 14.1. The minimum absolute atomic E-state index is 0.0760. The topological polar surface area (TPSA) is 77.7 Å². The van der Waals surface area contributed by atoms with Crippen molar-refractivity contribution in [3.8, 4) is 5.75 Å². The number of rotatable bonds is 3. The first-order valence-electron chi connectivity index (χ1n) is 8.43. The van der Waals surface area contributed by atoms with Crippen LogP contribution in [0.1, 0.15) is 29.5 Å². The maximum absolute atomic E-state index is 12.8. The van der Waals surface area contributed by atoms with Crippen LogP contribution in [0.3, 0.4) is 0 Å². The Morgan fingerprint density at radius 3 is 2.93 bits per heavy atom. The van der Waals surface area contributed by atoms with Crippen LogP contribution in [-0.2, 0) is 22.1 Å². The second-order valence-electron chi connectivity index (χ2n) is 6.45. The molecular weight excluding hydrogens is 367 g/mol. The van der Waals surface area contributed by atoms with Crippen molar-refractivity contribution in [1.82, 2.24) is 15.0 Å². The number of halogens is 3. The second kappa shape index (κ2) is 6.84. The lowest BCUT2D eigenvalue weighted by Gasteiger charge is -2.31. The van der Waals surface area contributed by atoms with Crippen LogP contribution in [0.4, 0.5) is 13.2 Å². The van der Waals surface area contributed by atoms with Gasteiger partial charge in [0.05, 0.1) is 25.1 Å². The van der Waals surface area contributed by atoms with Gasteiger partial charge in [-0.05, 0) is 23.8 Å². The van der Waals surface area contributed by atoms with Crippen LogP contribution in [-0.4, -0.2) is 46.7 Å². The number of hydrogen-bond donors (Lipinski definition) is 0. The van der Waals surface area contributed by atoms with E-state index in [0.29, 0.717) is 30.4 Å². The molecule has 2 unspecified atom stereocenters. The van der Waals surface area contributed by atoms with Crippen LogP contribution >= 0.6 is 0 Å². The maximum Gasteiger partial charge on any atom is 0.416 e. The van der Waals surface area contributed by atoms with Gasteiger partial charge in [0.25, 0.3) is 5.89 Å². The highest BCUT2D eigenvalue weighted by atomic mass is 19.4. The van der Waals surface area contributed by atoms with Crippen LogP contribution < -0.4 is 4.74 Å². The standard InChI is InChI=1S/C17H16F3N3O4/c18-17(19,20)11-1-2-13-10(5-11)6-12(26-13)7-15(24)23-3-4-25-14(8-23)16-21-9-22-27-16/h1-2,5,9,12,14H,3-4,6-8H2. The summed E-state index contributed by atoms with van der Waals surface area (Å²) in [6, 6.07) is 3.38. The zero-order chi connectivity index (χ0) is 19.0. The van der Waals surface area contributed by atoms with Crippen molar-refractivity contribution in [2.45, 2.75) is 31.2 Å². The molecule has 0 aliphatic carbocycles. The molecule has 1 fully saturated rings. The first kappa shape index (κ1) is 17.8. The molecular formula is C17H16F3N3O4. The van der Waals surface area contributed by atoms with E-state index >= 15 is 0 Å². The van der Waals surface area contributed by atoms with Gasteiger partial charge in [-0.2, -0.15) is 18.2 Å². The van der Waals surface area contributed by atoms with E-state index in [-0.39, 0.29) is 25.3 Å². The Kier molecular flexibility index (Phi) is 4.50. The number of hydrogen-bond acceptors (Lipinski definition) is 6. The first-order chi connectivity index (χ1) is 12.9. The van der Waals surface area contributed by atoms with Gasteiger partial charge in [-0.1, -0.05) is 5.16 Å². The van der Waals surface area contributed by atoms with E-state index in [2.05, 4.69) is 10.1 Å². The highest BCUT2D eigenvalue weighted by Gasteiger charge is 2.35. The van der Waals surface area contributed by atoms with Gasteiger partial charge in [-0.25, -0.2) is 0 Å². The largest absolute Gasteiger partial charge is 0.489 e. The third-order valence-electron chi connectivity index (χ3n) is 4.60. The number of fused-ring (bicyclic) bond motifs is 1. The highest BCUT2D eigenvalue weighted by Crippen LogP contribution is 2.36. The molecule has 2 aliphatic rings. The lowest BCUT2D eigenvalue weighted by molar-refractivity contribution is -0.141. The van der Waals surface area contributed by atoms with Crippen molar-refractivity contribution in [1.29, 1.82) is 0 Å². The van der Waals surface area contributed by atoms with E-state index in [4.69, 9.17) is 14.0 Å². The lowest BCUT2D eigenvalue weighted by Crippen LogP contribution is -2.43. The number of ether oxygens (including phenoxy) is 2. The summed E-state index contributed by atoms with van der Waals surface area (Å²) in [4.78, 5) is 18.1. The van der Waals surface area contributed by atoms with Gasteiger partial charge < -0.3 is 18.9 Å². The van der Waals surface area contributed by atoms with Crippen molar-refractivity contribution in [3.05, 3.63) is 41.5 Å². The van der Waals surface area contributed by atoms with Crippen LogP contribution in [0.2, 0.25) is 0 Å². The second-order valence-corrected chi connectivity index (χ2v) is 6.45. The molecule has 1 amide bonds. The fraction of sp³-hybridized carbons (Fsp3) is 0.471. The Bertz CT molecular complexity index is 825. The molecule has 0 saturated carbocycles. The molecule has 0 N–H and O–H groups in total. The van der Waals surface area contributed by atoms with Gasteiger partial charge in [-0.15, -0.1) is 0 Å². The number of carbonyl (C=O) groups excluding carboxylic acids is 1. The molecule has 3 heterocycles. The number of alkyl halides is 3. The monoisotopic (exact) mass is 383 g/mol. The number of carbonyl (C=O) groups is 1. The molecule has 0 radical (unpaired) electrons. The zero-order valence-corrected chi connectivity index (χ0v) is 14.1. The smallest absolute Gasteiger partial charge is 0.416 e. The first-order valence-corrected chi connectivity index (χ1v) is 8.43. The Labute approximate surface area is 152 Å². The molecule has 0 spiro atoms. The number of nitrogens with zero attached hydrogens (tertiary/aromatic N) is 3. The fourth-order valence-electron chi connectivity index (χ4n) is 3.28. The quantitative estimate of drug-likeness (QED) is 0.810. The summed E-state index contributed by atoms with van der Waals surface area (Å²) in [6.07, 6.45) is -3.77. The number of amides is 1. The van der Waals surface area contributed by atoms with Gasteiger partial charge in [-0.3, -0.25) is 4.79 Å². The molecule has 1 aromatic heterocycles. The summed E-state index contributed by atoms with van der Waals surface area (Å²) in [5, 5.41) is 3.53. The average molecular weight is 383 g/mol. The van der Waals surface area contributed by atoms with E-state index in [9.17, 15) is 18.0 Å². The predicted molar refractivity (Wildman–Crippen MR) is 83.8 cm³/mol. The van der Waals surface area contributed by atoms with E-state index in [1.165, 1.54) is 12.4 Å². The molecule has 1 saturated heterocycles. The fourth-order valence-corrected chi connectivity index (χ4v) is 3.28. The Hall–Kier alpha value is -2.62. The van der Waals surface area contributed by atoms with Crippen molar-refractivity contribution >= 4 is 5.91 Å². The van der Waals surface area contributed by atoms with Crippen molar-refractivity contribution in [2.75, 3.05) is 19.7 Å². The third-order valence-corrected chi connectivity index (χ3v) is 4.60. The lowest BCUT2D eigenvalue weighted by atomic mass is 10.0. The van der Waals surface area contributed by atoms with Gasteiger partial charge in [0, 0.05) is 13.0 Å². The number of morpholine rings is 1. The molecule has 27 heavy (non-hydrogen) atoms. The predicted octanol–water partition coefficient (Wildman–Crippen LogP) is 2.38. The molecule has 2 atom stereocenters. The minimum atomic E-state index is -4.40. The normalized spacial score (nSPS) is 22.4. The Balaban J connectivity index is 1.37. The molecule has 10 heteroatoms. The molecule has 7 nitrogen and oxygen atoms in total. The summed E-state index contributed by atoms with van der Waals surface area (Å²) in [5.74, 6) is 0.542. The number of benzene rings is 1. The van der Waals surface area contributed by atoms with Crippen LogP contribution in [0.25, 0.3) is 0 Å². The van der Waals surface area contributed by atoms with Gasteiger partial charge >= 0.3 is 6.18 Å². The van der Waals surface area contributed by atoms with Crippen LogP contribution in [0.5, 0.6) is 5.75 Å². The Morgan fingerprint density at radius 1 is 1.33 bits per heavy atom. The third kappa shape index (κ3) is 3.75. The maximum atomic E-state index is 12.8. The van der Waals surface area contributed by atoms with Crippen molar-refractivity contribution in [2.24, 2.45) is 0 Å². The van der Waals surface area contributed by atoms with E-state index in [1.807, 2.05) is 0 Å². The van der Waals surface area contributed by atoms with E-state index in [1.54, 1.807) is 4.90 Å². The average Bonchev–Trinajstić information content (AvgIpc) is 3.29. The molecule has 4 rings (SSSR count). The molecule has 0 bridgehead atoms. The molecule has 144 valence electrons.